The van der Waals surface area contributed by atoms with E-state index in [4.69, 9.17) is 28.4 Å². The van der Waals surface area contributed by atoms with Gasteiger partial charge in [0.25, 0.3) is 0 Å². The van der Waals surface area contributed by atoms with E-state index in [2.05, 4.69) is 19.6 Å². The Hall–Kier alpha value is -2.27. The van der Waals surface area contributed by atoms with Crippen molar-refractivity contribution < 1.29 is 42.8 Å². The molecular formula is C24H36O9Si. The van der Waals surface area contributed by atoms with Gasteiger partial charge >= 0.3 is 17.9 Å². The Morgan fingerprint density at radius 3 is 2.03 bits per heavy atom. The van der Waals surface area contributed by atoms with Crippen molar-refractivity contribution in [2.45, 2.75) is 83.8 Å². The van der Waals surface area contributed by atoms with Gasteiger partial charge in [-0.25, -0.2) is 0 Å². The predicted octanol–water partition coefficient (Wildman–Crippen LogP) is 3.08. The first-order chi connectivity index (χ1) is 16.0. The number of benzene rings is 1. The fourth-order valence-electron chi connectivity index (χ4n) is 3.43. The van der Waals surface area contributed by atoms with Gasteiger partial charge in [0.2, 0.25) is 0 Å². The third kappa shape index (κ3) is 9.53. The lowest BCUT2D eigenvalue weighted by atomic mass is 9.98. The zero-order valence-corrected chi connectivity index (χ0v) is 21.8. The van der Waals surface area contributed by atoms with E-state index in [1.54, 1.807) is 0 Å². The van der Waals surface area contributed by atoms with Crippen molar-refractivity contribution in [2.75, 3.05) is 13.2 Å². The summed E-state index contributed by atoms with van der Waals surface area (Å²) < 4.78 is 34.5. The summed E-state index contributed by atoms with van der Waals surface area (Å²) in [5, 5.41) is 0. The molecule has 1 fully saturated rings. The molecule has 0 amide bonds. The lowest BCUT2D eigenvalue weighted by Gasteiger charge is -2.44. The molecule has 0 radical (unpaired) electrons. The van der Waals surface area contributed by atoms with Crippen molar-refractivity contribution in [1.29, 1.82) is 0 Å². The third-order valence-corrected chi connectivity index (χ3v) is 6.77. The zero-order valence-electron chi connectivity index (χ0n) is 20.8. The van der Waals surface area contributed by atoms with Crippen LogP contribution in [0.4, 0.5) is 0 Å². The predicted molar refractivity (Wildman–Crippen MR) is 126 cm³/mol. The van der Waals surface area contributed by atoms with Crippen LogP contribution in [-0.4, -0.2) is 69.9 Å². The van der Waals surface area contributed by atoms with E-state index in [0.29, 0.717) is 6.61 Å². The van der Waals surface area contributed by atoms with Gasteiger partial charge in [-0.2, -0.15) is 0 Å². The van der Waals surface area contributed by atoms with Gasteiger partial charge in [-0.15, -0.1) is 0 Å². The van der Waals surface area contributed by atoms with Gasteiger partial charge in [0, 0.05) is 35.5 Å². The molecule has 0 spiro atoms. The van der Waals surface area contributed by atoms with Crippen molar-refractivity contribution in [2.24, 2.45) is 0 Å². The SMILES string of the molecule is CC(=O)OC[C@H]1O[C@@H](OCC[Si](C)(C)C)[C@H](OCc2ccccc2)[C@@H](OC(C)=O)[C@@H]1OC(C)=O. The van der Waals surface area contributed by atoms with Gasteiger partial charge in [0.1, 0.15) is 18.8 Å². The highest BCUT2D eigenvalue weighted by Gasteiger charge is 2.51. The number of hydrogen-bond acceptors (Lipinski definition) is 9. The van der Waals surface area contributed by atoms with Gasteiger partial charge in [0.15, 0.2) is 18.5 Å². The molecule has 1 aliphatic rings. The fourth-order valence-corrected chi connectivity index (χ4v) is 4.16. The van der Waals surface area contributed by atoms with E-state index >= 15 is 0 Å². The molecule has 34 heavy (non-hydrogen) atoms. The Morgan fingerprint density at radius 2 is 1.47 bits per heavy atom. The van der Waals surface area contributed by atoms with Crippen LogP contribution >= 0.6 is 0 Å². The first-order valence-electron chi connectivity index (χ1n) is 11.4. The summed E-state index contributed by atoms with van der Waals surface area (Å²) in [5.41, 5.74) is 0.899. The van der Waals surface area contributed by atoms with E-state index in [0.717, 1.165) is 11.6 Å². The molecular weight excluding hydrogens is 460 g/mol. The zero-order chi connectivity index (χ0) is 25.3. The molecule has 10 heteroatoms. The van der Waals surface area contributed by atoms with Crippen molar-refractivity contribution >= 4 is 26.0 Å². The second-order valence-electron chi connectivity index (χ2n) is 9.44. The molecule has 1 aliphatic heterocycles. The van der Waals surface area contributed by atoms with Crippen molar-refractivity contribution in [3.05, 3.63) is 35.9 Å². The van der Waals surface area contributed by atoms with Crippen molar-refractivity contribution in [3.63, 3.8) is 0 Å². The van der Waals surface area contributed by atoms with E-state index in [1.165, 1.54) is 20.8 Å². The number of rotatable bonds is 11. The molecule has 9 nitrogen and oxygen atoms in total. The average molecular weight is 497 g/mol. The smallest absolute Gasteiger partial charge is 0.303 e. The first kappa shape index (κ1) is 28.0. The Morgan fingerprint density at radius 1 is 0.853 bits per heavy atom. The molecule has 0 saturated carbocycles. The topological polar surface area (TPSA) is 107 Å². The Bertz CT molecular complexity index is 808. The summed E-state index contributed by atoms with van der Waals surface area (Å²) in [6.07, 6.45) is -4.82. The highest BCUT2D eigenvalue weighted by Crippen LogP contribution is 2.30. The molecule has 1 aromatic carbocycles. The number of carbonyl (C=O) groups excluding carboxylic acids is 3. The van der Waals surface area contributed by atoms with Crippen LogP contribution in [0.25, 0.3) is 0 Å². The maximum atomic E-state index is 12.0. The molecule has 0 aliphatic carbocycles. The summed E-state index contributed by atoms with van der Waals surface area (Å²) in [6, 6.07) is 10.3. The van der Waals surface area contributed by atoms with Crippen LogP contribution in [-0.2, 0) is 49.4 Å². The summed E-state index contributed by atoms with van der Waals surface area (Å²) in [5.74, 6) is -1.70. The van der Waals surface area contributed by atoms with Crippen molar-refractivity contribution in [3.8, 4) is 0 Å². The van der Waals surface area contributed by atoms with Gasteiger partial charge in [-0.05, 0) is 11.6 Å². The number of carbonyl (C=O) groups is 3. The van der Waals surface area contributed by atoms with Crippen LogP contribution < -0.4 is 0 Å². The fraction of sp³-hybridized carbons (Fsp3) is 0.625. The molecule has 5 atom stereocenters. The van der Waals surface area contributed by atoms with Crippen LogP contribution in [0.5, 0.6) is 0 Å². The largest absolute Gasteiger partial charge is 0.463 e. The van der Waals surface area contributed by atoms with Gasteiger partial charge < -0.3 is 28.4 Å². The number of esters is 3. The summed E-state index contributed by atoms with van der Waals surface area (Å²) in [6.45, 7) is 10.8. The van der Waals surface area contributed by atoms with Crippen LogP contribution in [0.15, 0.2) is 30.3 Å². The lowest BCUT2D eigenvalue weighted by Crippen LogP contribution is -2.62. The number of hydrogen-bond donors (Lipinski definition) is 0. The molecule has 0 N–H and O–H groups in total. The number of ether oxygens (including phenoxy) is 6. The molecule has 1 saturated heterocycles. The summed E-state index contributed by atoms with van der Waals surface area (Å²) >= 11 is 0. The minimum Gasteiger partial charge on any atom is -0.463 e. The first-order valence-corrected chi connectivity index (χ1v) is 15.1. The van der Waals surface area contributed by atoms with E-state index in [1.807, 2.05) is 30.3 Å². The average Bonchev–Trinajstić information content (AvgIpc) is 2.72. The van der Waals surface area contributed by atoms with Crippen molar-refractivity contribution in [1.82, 2.24) is 0 Å². The summed E-state index contributed by atoms with van der Waals surface area (Å²) in [7, 11) is -1.41. The minimum atomic E-state index is -1.41. The van der Waals surface area contributed by atoms with E-state index < -0.39 is 56.7 Å². The quantitative estimate of drug-likeness (QED) is 0.259. The molecule has 1 heterocycles. The highest BCUT2D eigenvalue weighted by molar-refractivity contribution is 6.76. The minimum absolute atomic E-state index is 0.196. The molecule has 190 valence electrons. The highest BCUT2D eigenvalue weighted by atomic mass is 28.3. The van der Waals surface area contributed by atoms with E-state index in [-0.39, 0.29) is 13.2 Å². The van der Waals surface area contributed by atoms with Gasteiger partial charge in [-0.1, -0.05) is 50.0 Å². The molecule has 1 aromatic rings. The molecule has 0 bridgehead atoms. The molecule has 0 unspecified atom stereocenters. The van der Waals surface area contributed by atoms with Crippen LogP contribution in [0.3, 0.4) is 0 Å². The van der Waals surface area contributed by atoms with Gasteiger partial charge in [0.05, 0.1) is 6.61 Å². The summed E-state index contributed by atoms with van der Waals surface area (Å²) in [4.78, 5) is 35.3. The van der Waals surface area contributed by atoms with Crippen LogP contribution in [0.2, 0.25) is 25.7 Å². The second-order valence-corrected chi connectivity index (χ2v) is 15.1. The lowest BCUT2D eigenvalue weighted by molar-refractivity contribution is -0.314. The standard InChI is InChI=1S/C24H36O9Si/c1-16(25)29-15-20-21(31-17(2)26)22(32-18(3)27)23(30-14-19-10-8-7-9-11-19)24(33-20)28-12-13-34(4,5)6/h7-11,20-24H,12-15H2,1-6H3/t20-,21-,22+,23-,24-/m1/s1. The second kappa shape index (κ2) is 13.0. The van der Waals surface area contributed by atoms with Crippen LogP contribution in [0.1, 0.15) is 26.3 Å². The Kier molecular flexibility index (Phi) is 10.7. The third-order valence-electron chi connectivity index (χ3n) is 5.07. The maximum absolute atomic E-state index is 12.0. The van der Waals surface area contributed by atoms with Crippen LogP contribution in [0, 0.1) is 0 Å². The molecule has 0 aromatic heterocycles. The Labute approximate surface area is 202 Å². The molecule has 2 rings (SSSR count). The normalized spacial score (nSPS) is 24.8. The Balaban J connectivity index is 2.34. The van der Waals surface area contributed by atoms with E-state index in [9.17, 15) is 14.4 Å². The monoisotopic (exact) mass is 496 g/mol. The maximum Gasteiger partial charge on any atom is 0.303 e. The van der Waals surface area contributed by atoms with Gasteiger partial charge in [-0.3, -0.25) is 14.4 Å².